The minimum absolute atomic E-state index is 0.245. The van der Waals surface area contributed by atoms with Crippen molar-refractivity contribution in [2.75, 3.05) is 0 Å². The zero-order valence-electron chi connectivity index (χ0n) is 9.57. The van der Waals surface area contributed by atoms with Gasteiger partial charge in [-0.25, -0.2) is 0 Å². The van der Waals surface area contributed by atoms with Crippen molar-refractivity contribution in [2.24, 2.45) is 0 Å². The highest BCUT2D eigenvalue weighted by Gasteiger charge is 2.16. The fourth-order valence-electron chi connectivity index (χ4n) is 1.69. The summed E-state index contributed by atoms with van der Waals surface area (Å²) in [6.45, 7) is 0. The van der Waals surface area contributed by atoms with E-state index in [1.807, 2.05) is 30.3 Å². The number of carbonyl (C=O) groups excluding carboxylic acids is 1. The van der Waals surface area contributed by atoms with E-state index in [-0.39, 0.29) is 5.89 Å². The molecule has 94 valence electrons. The molecule has 6 nitrogen and oxygen atoms in total. The second-order valence-electron chi connectivity index (χ2n) is 3.79. The third-order valence-corrected chi connectivity index (χ3v) is 2.53. The summed E-state index contributed by atoms with van der Waals surface area (Å²) in [5.74, 6) is 0.245. The van der Waals surface area contributed by atoms with Gasteiger partial charge in [0.2, 0.25) is 12.3 Å². The molecule has 1 aromatic heterocycles. The highest BCUT2D eigenvalue weighted by molar-refractivity contribution is 5.62. The van der Waals surface area contributed by atoms with E-state index in [4.69, 9.17) is 4.42 Å². The molecule has 0 aliphatic heterocycles. The SMILES string of the molecule is O=C([O-])NC(CCc1ccccc1)c1nnco1. The summed E-state index contributed by atoms with van der Waals surface area (Å²) in [7, 11) is 0. The smallest absolute Gasteiger partial charge is 0.238 e. The molecule has 0 fully saturated rings. The van der Waals surface area contributed by atoms with Gasteiger partial charge in [-0.1, -0.05) is 30.3 Å². The second-order valence-corrected chi connectivity index (χ2v) is 3.79. The Morgan fingerprint density at radius 2 is 2.17 bits per heavy atom. The van der Waals surface area contributed by atoms with Crippen molar-refractivity contribution in [3.8, 4) is 0 Å². The number of aromatic nitrogens is 2. The Balaban J connectivity index is 2.00. The number of carboxylic acid groups (broad SMARTS) is 1. The highest BCUT2D eigenvalue weighted by Crippen LogP contribution is 2.16. The van der Waals surface area contributed by atoms with E-state index in [2.05, 4.69) is 15.5 Å². The van der Waals surface area contributed by atoms with Crippen LogP contribution in [0.15, 0.2) is 41.1 Å². The van der Waals surface area contributed by atoms with Crippen LogP contribution in [0.5, 0.6) is 0 Å². The zero-order chi connectivity index (χ0) is 12.8. The standard InChI is InChI=1S/C12H13N3O3/c16-12(17)14-10(11-15-13-8-18-11)7-6-9-4-2-1-3-5-9/h1-5,8,10,14H,6-7H2,(H,16,17)/p-1. The highest BCUT2D eigenvalue weighted by atomic mass is 16.4. The van der Waals surface area contributed by atoms with E-state index in [0.29, 0.717) is 12.8 Å². The molecule has 2 aromatic rings. The van der Waals surface area contributed by atoms with Crippen LogP contribution in [0, 0.1) is 0 Å². The van der Waals surface area contributed by atoms with Crippen LogP contribution in [-0.4, -0.2) is 16.3 Å². The summed E-state index contributed by atoms with van der Waals surface area (Å²) in [5.41, 5.74) is 1.11. The number of nitrogens with zero attached hydrogens (tertiary/aromatic N) is 2. The molecule has 1 N–H and O–H groups in total. The molecular formula is C12H12N3O3-. The first-order valence-electron chi connectivity index (χ1n) is 5.53. The Labute approximate surface area is 104 Å². The van der Waals surface area contributed by atoms with Crippen LogP contribution in [0.1, 0.15) is 23.9 Å². The Morgan fingerprint density at radius 3 is 2.78 bits per heavy atom. The molecule has 0 aliphatic carbocycles. The average molecular weight is 246 g/mol. The molecule has 1 heterocycles. The molecular weight excluding hydrogens is 234 g/mol. The molecule has 1 aromatic carbocycles. The lowest BCUT2D eigenvalue weighted by Crippen LogP contribution is -2.39. The summed E-state index contributed by atoms with van der Waals surface area (Å²) in [6.07, 6.45) is 1.04. The Kier molecular flexibility index (Phi) is 3.90. The lowest BCUT2D eigenvalue weighted by Gasteiger charge is -2.16. The van der Waals surface area contributed by atoms with Crippen molar-refractivity contribution < 1.29 is 14.3 Å². The molecule has 0 aliphatic rings. The minimum Gasteiger partial charge on any atom is -0.530 e. The van der Waals surface area contributed by atoms with Crippen LogP contribution in [0.4, 0.5) is 4.79 Å². The first kappa shape index (κ1) is 12.1. The molecule has 2 rings (SSSR count). The lowest BCUT2D eigenvalue weighted by molar-refractivity contribution is -0.252. The van der Waals surface area contributed by atoms with Crippen LogP contribution >= 0.6 is 0 Å². The van der Waals surface area contributed by atoms with Crippen LogP contribution in [0.2, 0.25) is 0 Å². The molecule has 0 saturated heterocycles. The van der Waals surface area contributed by atoms with Gasteiger partial charge in [0.25, 0.3) is 0 Å². The normalized spacial score (nSPS) is 12.0. The summed E-state index contributed by atoms with van der Waals surface area (Å²) in [5, 5.41) is 20.1. The first-order valence-corrected chi connectivity index (χ1v) is 5.53. The molecule has 0 saturated carbocycles. The number of hydrogen-bond donors (Lipinski definition) is 1. The Morgan fingerprint density at radius 1 is 1.39 bits per heavy atom. The predicted octanol–water partition coefficient (Wildman–Crippen LogP) is 0.676. The first-order chi connectivity index (χ1) is 8.75. The fraction of sp³-hybridized carbons (Fsp3) is 0.250. The van der Waals surface area contributed by atoms with E-state index in [1.54, 1.807) is 0 Å². The molecule has 18 heavy (non-hydrogen) atoms. The molecule has 6 heteroatoms. The molecule has 0 spiro atoms. The number of aryl methyl sites for hydroxylation is 1. The van der Waals surface area contributed by atoms with E-state index in [9.17, 15) is 9.90 Å². The number of amides is 1. The summed E-state index contributed by atoms with van der Waals surface area (Å²) >= 11 is 0. The quantitative estimate of drug-likeness (QED) is 0.837. The zero-order valence-corrected chi connectivity index (χ0v) is 9.57. The third-order valence-electron chi connectivity index (χ3n) is 2.53. The van der Waals surface area contributed by atoms with Gasteiger partial charge in [0.05, 0.1) is 0 Å². The van der Waals surface area contributed by atoms with Gasteiger partial charge in [0, 0.05) is 0 Å². The number of benzene rings is 1. The molecule has 1 unspecified atom stereocenters. The van der Waals surface area contributed by atoms with Crippen molar-refractivity contribution >= 4 is 6.09 Å². The van der Waals surface area contributed by atoms with Crippen molar-refractivity contribution in [3.63, 3.8) is 0 Å². The summed E-state index contributed by atoms with van der Waals surface area (Å²) in [4.78, 5) is 10.6. The largest absolute Gasteiger partial charge is 0.530 e. The Bertz CT molecular complexity index is 485. The minimum atomic E-state index is -1.36. The predicted molar refractivity (Wildman–Crippen MR) is 60.3 cm³/mol. The molecule has 0 radical (unpaired) electrons. The van der Waals surface area contributed by atoms with Crippen molar-refractivity contribution in [3.05, 3.63) is 48.2 Å². The summed E-state index contributed by atoms with van der Waals surface area (Å²) in [6, 6.07) is 9.20. The number of carbonyl (C=O) groups is 1. The van der Waals surface area contributed by atoms with E-state index < -0.39 is 12.1 Å². The maximum atomic E-state index is 10.6. The van der Waals surface area contributed by atoms with Crippen molar-refractivity contribution in [2.45, 2.75) is 18.9 Å². The van der Waals surface area contributed by atoms with Gasteiger partial charge < -0.3 is 19.6 Å². The number of nitrogens with one attached hydrogen (secondary N) is 1. The Hall–Kier alpha value is -2.37. The molecule has 1 amide bonds. The van der Waals surface area contributed by atoms with Crippen LogP contribution in [0.3, 0.4) is 0 Å². The second kappa shape index (κ2) is 5.81. The number of rotatable bonds is 5. The van der Waals surface area contributed by atoms with Crippen molar-refractivity contribution in [1.82, 2.24) is 15.5 Å². The van der Waals surface area contributed by atoms with Gasteiger partial charge in [0.1, 0.15) is 12.1 Å². The fourth-order valence-corrected chi connectivity index (χ4v) is 1.69. The maximum Gasteiger partial charge on any atom is 0.238 e. The molecule has 0 bridgehead atoms. The third kappa shape index (κ3) is 3.31. The summed E-state index contributed by atoms with van der Waals surface area (Å²) < 4.78 is 5.01. The molecule has 1 atom stereocenters. The van der Waals surface area contributed by atoms with Crippen LogP contribution in [-0.2, 0) is 6.42 Å². The van der Waals surface area contributed by atoms with Gasteiger partial charge in [-0.15, -0.1) is 10.2 Å². The average Bonchev–Trinajstić information content (AvgIpc) is 2.89. The monoisotopic (exact) mass is 246 g/mol. The number of hydrogen-bond acceptors (Lipinski definition) is 5. The van der Waals surface area contributed by atoms with Gasteiger partial charge in [-0.2, -0.15) is 0 Å². The topological polar surface area (TPSA) is 91.1 Å². The van der Waals surface area contributed by atoms with Crippen molar-refractivity contribution in [1.29, 1.82) is 0 Å². The van der Waals surface area contributed by atoms with Crippen LogP contribution < -0.4 is 10.4 Å². The van der Waals surface area contributed by atoms with Gasteiger partial charge in [-0.05, 0) is 18.4 Å². The van der Waals surface area contributed by atoms with Gasteiger partial charge >= 0.3 is 0 Å². The van der Waals surface area contributed by atoms with E-state index >= 15 is 0 Å². The maximum absolute atomic E-state index is 10.6. The lowest BCUT2D eigenvalue weighted by atomic mass is 10.1. The van der Waals surface area contributed by atoms with E-state index in [0.717, 1.165) is 5.56 Å². The van der Waals surface area contributed by atoms with Gasteiger partial charge in [0.15, 0.2) is 0 Å². The van der Waals surface area contributed by atoms with Crippen LogP contribution in [0.25, 0.3) is 0 Å². The van der Waals surface area contributed by atoms with Gasteiger partial charge in [-0.3, -0.25) is 0 Å². The van der Waals surface area contributed by atoms with E-state index in [1.165, 1.54) is 6.39 Å².